The van der Waals surface area contributed by atoms with E-state index in [0.29, 0.717) is 0 Å². The van der Waals surface area contributed by atoms with Crippen molar-refractivity contribution in [2.24, 2.45) is 0 Å². The van der Waals surface area contributed by atoms with Crippen molar-refractivity contribution in [3.05, 3.63) is 23.9 Å². The minimum Gasteiger partial charge on any atom is -0.368 e. The van der Waals surface area contributed by atoms with Gasteiger partial charge < -0.3 is 5.73 Å². The standard InChI is InChI=1S/C8H10N6/c1-5-6(2)12-8(9)13-7(5)14-3-10-11-4-14/h3-4H,1-2H3,(H2,9,12,13). The van der Waals surface area contributed by atoms with E-state index in [2.05, 4.69) is 20.2 Å². The second kappa shape index (κ2) is 3.06. The van der Waals surface area contributed by atoms with Gasteiger partial charge in [-0.1, -0.05) is 0 Å². The van der Waals surface area contributed by atoms with Crippen LogP contribution < -0.4 is 5.73 Å². The van der Waals surface area contributed by atoms with Crippen molar-refractivity contribution in [3.8, 4) is 5.82 Å². The van der Waals surface area contributed by atoms with Crippen LogP contribution in [0.25, 0.3) is 5.82 Å². The van der Waals surface area contributed by atoms with Crippen LogP contribution in [0.4, 0.5) is 5.95 Å². The van der Waals surface area contributed by atoms with E-state index >= 15 is 0 Å². The second-order valence-corrected chi connectivity index (χ2v) is 2.98. The summed E-state index contributed by atoms with van der Waals surface area (Å²) >= 11 is 0. The van der Waals surface area contributed by atoms with Crippen LogP contribution in [0.5, 0.6) is 0 Å². The lowest BCUT2D eigenvalue weighted by Gasteiger charge is -2.07. The molecule has 0 spiro atoms. The van der Waals surface area contributed by atoms with Crippen molar-refractivity contribution in [1.29, 1.82) is 0 Å². The van der Waals surface area contributed by atoms with Crippen molar-refractivity contribution in [2.75, 3.05) is 5.73 Å². The summed E-state index contributed by atoms with van der Waals surface area (Å²) in [5.74, 6) is 0.983. The number of nitrogens with two attached hydrogens (primary N) is 1. The zero-order valence-electron chi connectivity index (χ0n) is 7.97. The molecule has 2 aromatic heterocycles. The van der Waals surface area contributed by atoms with E-state index in [4.69, 9.17) is 5.73 Å². The number of hydrogen-bond acceptors (Lipinski definition) is 5. The Morgan fingerprint density at radius 3 is 2.43 bits per heavy atom. The summed E-state index contributed by atoms with van der Waals surface area (Å²) in [4.78, 5) is 8.18. The molecule has 0 fully saturated rings. The average molecular weight is 190 g/mol. The summed E-state index contributed by atoms with van der Waals surface area (Å²) in [5.41, 5.74) is 7.39. The van der Waals surface area contributed by atoms with Gasteiger partial charge in [0.05, 0.1) is 0 Å². The summed E-state index contributed by atoms with van der Waals surface area (Å²) in [7, 11) is 0. The number of hydrogen-bond donors (Lipinski definition) is 1. The molecule has 0 aliphatic rings. The zero-order valence-corrected chi connectivity index (χ0v) is 7.97. The summed E-state index contributed by atoms with van der Waals surface area (Å²) in [6, 6.07) is 0. The normalized spacial score (nSPS) is 10.4. The molecule has 2 rings (SSSR count). The molecule has 0 aromatic carbocycles. The van der Waals surface area contributed by atoms with Crippen molar-refractivity contribution >= 4 is 5.95 Å². The van der Waals surface area contributed by atoms with Crippen LogP contribution in [0.3, 0.4) is 0 Å². The van der Waals surface area contributed by atoms with Crippen molar-refractivity contribution in [1.82, 2.24) is 24.7 Å². The first-order chi connectivity index (χ1) is 6.68. The third kappa shape index (κ3) is 1.30. The zero-order chi connectivity index (χ0) is 10.1. The molecule has 2 N–H and O–H groups in total. The number of anilines is 1. The first-order valence-electron chi connectivity index (χ1n) is 4.14. The lowest BCUT2D eigenvalue weighted by molar-refractivity contribution is 0.938. The highest BCUT2D eigenvalue weighted by molar-refractivity contribution is 5.39. The van der Waals surface area contributed by atoms with E-state index in [9.17, 15) is 0 Å². The summed E-state index contributed by atoms with van der Waals surface area (Å²) < 4.78 is 1.71. The summed E-state index contributed by atoms with van der Waals surface area (Å²) in [6.07, 6.45) is 3.16. The van der Waals surface area contributed by atoms with E-state index in [1.165, 1.54) is 0 Å². The fourth-order valence-corrected chi connectivity index (χ4v) is 1.20. The van der Waals surface area contributed by atoms with Gasteiger partial charge in [-0.25, -0.2) is 4.98 Å². The van der Waals surface area contributed by atoms with Crippen LogP contribution in [0, 0.1) is 13.8 Å². The van der Waals surface area contributed by atoms with Gasteiger partial charge in [-0.15, -0.1) is 10.2 Å². The molecule has 0 aliphatic carbocycles. The second-order valence-electron chi connectivity index (χ2n) is 2.98. The number of aryl methyl sites for hydroxylation is 1. The Bertz CT molecular complexity index is 447. The molecule has 6 heteroatoms. The van der Waals surface area contributed by atoms with Gasteiger partial charge in [0.1, 0.15) is 18.5 Å². The maximum atomic E-state index is 5.56. The van der Waals surface area contributed by atoms with Gasteiger partial charge in [-0.3, -0.25) is 4.57 Å². The Labute approximate surface area is 80.8 Å². The highest BCUT2D eigenvalue weighted by atomic mass is 15.3. The Balaban J connectivity index is 2.64. The molecule has 0 saturated carbocycles. The van der Waals surface area contributed by atoms with Crippen LogP contribution >= 0.6 is 0 Å². The van der Waals surface area contributed by atoms with E-state index in [-0.39, 0.29) is 5.95 Å². The number of nitrogen functional groups attached to an aromatic ring is 1. The molecule has 0 unspecified atom stereocenters. The van der Waals surface area contributed by atoms with Gasteiger partial charge in [-0.2, -0.15) is 4.98 Å². The largest absolute Gasteiger partial charge is 0.368 e. The number of aromatic nitrogens is 5. The first-order valence-corrected chi connectivity index (χ1v) is 4.14. The predicted octanol–water partition coefficient (Wildman–Crippen LogP) is 0.256. The quantitative estimate of drug-likeness (QED) is 0.697. The van der Waals surface area contributed by atoms with Crippen LogP contribution in [-0.2, 0) is 0 Å². The van der Waals surface area contributed by atoms with Gasteiger partial charge in [-0.05, 0) is 13.8 Å². The van der Waals surface area contributed by atoms with E-state index in [1.54, 1.807) is 17.2 Å². The lowest BCUT2D eigenvalue weighted by Crippen LogP contribution is -2.06. The minimum absolute atomic E-state index is 0.261. The Morgan fingerprint density at radius 2 is 1.79 bits per heavy atom. The van der Waals surface area contributed by atoms with Gasteiger partial charge in [0, 0.05) is 11.3 Å². The fourth-order valence-electron chi connectivity index (χ4n) is 1.20. The van der Waals surface area contributed by atoms with Gasteiger partial charge in [0.2, 0.25) is 5.95 Å². The molecular weight excluding hydrogens is 180 g/mol. The Kier molecular flexibility index (Phi) is 1.88. The molecular formula is C8H10N6. The van der Waals surface area contributed by atoms with Crippen LogP contribution in [-0.4, -0.2) is 24.7 Å². The Hall–Kier alpha value is -1.98. The smallest absolute Gasteiger partial charge is 0.222 e. The third-order valence-corrected chi connectivity index (χ3v) is 2.04. The average Bonchev–Trinajstić information content (AvgIpc) is 2.63. The SMILES string of the molecule is Cc1nc(N)nc(-n2cnnc2)c1C. The van der Waals surface area contributed by atoms with Crippen LogP contribution in [0.2, 0.25) is 0 Å². The van der Waals surface area contributed by atoms with Crippen molar-refractivity contribution in [3.63, 3.8) is 0 Å². The lowest BCUT2D eigenvalue weighted by atomic mass is 10.2. The number of nitrogens with zero attached hydrogens (tertiary/aromatic N) is 5. The predicted molar refractivity (Wildman–Crippen MR) is 50.8 cm³/mol. The van der Waals surface area contributed by atoms with Gasteiger partial charge >= 0.3 is 0 Å². The molecule has 0 bridgehead atoms. The molecule has 0 amide bonds. The molecule has 0 atom stereocenters. The first kappa shape index (κ1) is 8.61. The minimum atomic E-state index is 0.261. The Morgan fingerprint density at radius 1 is 1.14 bits per heavy atom. The third-order valence-electron chi connectivity index (χ3n) is 2.04. The monoisotopic (exact) mass is 190 g/mol. The van der Waals surface area contributed by atoms with Crippen molar-refractivity contribution < 1.29 is 0 Å². The molecule has 0 radical (unpaired) electrons. The molecule has 2 heterocycles. The maximum absolute atomic E-state index is 5.56. The topological polar surface area (TPSA) is 82.5 Å². The van der Waals surface area contributed by atoms with Gasteiger partial charge in [0.15, 0.2) is 0 Å². The maximum Gasteiger partial charge on any atom is 0.222 e. The van der Waals surface area contributed by atoms with E-state index < -0.39 is 0 Å². The highest BCUT2D eigenvalue weighted by Crippen LogP contribution is 2.13. The van der Waals surface area contributed by atoms with E-state index in [1.807, 2.05) is 13.8 Å². The molecule has 0 aliphatic heterocycles. The van der Waals surface area contributed by atoms with E-state index in [0.717, 1.165) is 17.1 Å². The van der Waals surface area contributed by atoms with Gasteiger partial charge in [0.25, 0.3) is 0 Å². The highest BCUT2D eigenvalue weighted by Gasteiger charge is 2.07. The van der Waals surface area contributed by atoms with Crippen LogP contribution in [0.1, 0.15) is 11.3 Å². The summed E-state index contributed by atoms with van der Waals surface area (Å²) in [5, 5.41) is 7.42. The molecule has 2 aromatic rings. The molecule has 0 saturated heterocycles. The van der Waals surface area contributed by atoms with Crippen LogP contribution in [0.15, 0.2) is 12.7 Å². The van der Waals surface area contributed by atoms with Crippen molar-refractivity contribution in [2.45, 2.75) is 13.8 Å². The number of rotatable bonds is 1. The molecule has 6 nitrogen and oxygen atoms in total. The summed E-state index contributed by atoms with van der Waals surface area (Å²) in [6.45, 7) is 3.82. The fraction of sp³-hybridized carbons (Fsp3) is 0.250. The molecule has 14 heavy (non-hydrogen) atoms. The molecule has 72 valence electrons.